The molecule has 0 aliphatic rings. The van der Waals surface area contributed by atoms with Crippen LogP contribution in [0.25, 0.3) is 0 Å². The van der Waals surface area contributed by atoms with Crippen molar-refractivity contribution < 1.29 is 4.79 Å². The van der Waals surface area contributed by atoms with E-state index in [-0.39, 0.29) is 5.91 Å². The van der Waals surface area contributed by atoms with Gasteiger partial charge in [0.05, 0.1) is 5.69 Å². The average Bonchev–Trinajstić information content (AvgIpc) is 2.34. The lowest BCUT2D eigenvalue weighted by Gasteiger charge is -2.08. The van der Waals surface area contributed by atoms with Gasteiger partial charge in [0, 0.05) is 25.5 Å². The molecular weight excluding hydrogens is 407 g/mol. The van der Waals surface area contributed by atoms with Gasteiger partial charge in [-0.2, -0.15) is 0 Å². The van der Waals surface area contributed by atoms with E-state index >= 15 is 0 Å². The molecule has 1 aromatic carbocycles. The third-order valence-electron chi connectivity index (χ3n) is 2.34. The molecule has 0 fully saturated rings. The number of hydrogen-bond acceptors (Lipinski definition) is 2. The van der Waals surface area contributed by atoms with Crippen molar-refractivity contribution in [1.82, 2.24) is 4.98 Å². The van der Waals surface area contributed by atoms with E-state index in [1.165, 1.54) is 0 Å². The molecule has 0 radical (unpaired) electrons. The molecular formula is C13H10BrIN2O. The zero-order chi connectivity index (χ0) is 13.1. The number of nitrogens with one attached hydrogen (secondary N) is 1. The first-order chi connectivity index (χ1) is 8.56. The fourth-order valence-corrected chi connectivity index (χ4v) is 2.31. The van der Waals surface area contributed by atoms with Gasteiger partial charge in [0.25, 0.3) is 5.91 Å². The molecule has 2 aromatic rings. The lowest BCUT2D eigenvalue weighted by atomic mass is 10.2. The van der Waals surface area contributed by atoms with Gasteiger partial charge in [-0.3, -0.25) is 9.78 Å². The number of aromatic nitrogens is 1. The van der Waals surface area contributed by atoms with Crippen LogP contribution in [0.3, 0.4) is 0 Å². The highest BCUT2D eigenvalue weighted by Crippen LogP contribution is 2.23. The van der Waals surface area contributed by atoms with Crippen molar-refractivity contribution in [3.63, 3.8) is 0 Å². The number of pyridine rings is 1. The van der Waals surface area contributed by atoms with E-state index in [1.54, 1.807) is 18.3 Å². The number of nitrogens with zero attached hydrogens (tertiary/aromatic N) is 1. The number of hydrogen-bond donors (Lipinski definition) is 1. The standard InChI is InChI=1S/C13H10BrIN2O/c1-8-6-9(4-5-16-8)13(18)17-12-7-10(14)2-3-11(12)15/h2-7H,1H3,(H,17,18). The zero-order valence-electron chi connectivity index (χ0n) is 9.58. The Balaban J connectivity index is 2.24. The molecule has 0 aliphatic carbocycles. The van der Waals surface area contributed by atoms with E-state index in [4.69, 9.17) is 0 Å². The molecule has 92 valence electrons. The largest absolute Gasteiger partial charge is 0.321 e. The smallest absolute Gasteiger partial charge is 0.255 e. The summed E-state index contributed by atoms with van der Waals surface area (Å²) < 4.78 is 1.93. The number of carbonyl (C=O) groups is 1. The van der Waals surface area contributed by atoms with Crippen LogP contribution in [0, 0.1) is 10.5 Å². The van der Waals surface area contributed by atoms with Gasteiger partial charge in [0.2, 0.25) is 0 Å². The van der Waals surface area contributed by atoms with Gasteiger partial charge < -0.3 is 5.32 Å². The predicted molar refractivity (Wildman–Crippen MR) is 83.8 cm³/mol. The van der Waals surface area contributed by atoms with Gasteiger partial charge in [-0.15, -0.1) is 0 Å². The molecule has 18 heavy (non-hydrogen) atoms. The van der Waals surface area contributed by atoms with Crippen LogP contribution in [0.1, 0.15) is 16.1 Å². The molecule has 0 atom stereocenters. The Kier molecular flexibility index (Phi) is 4.34. The fourth-order valence-electron chi connectivity index (χ4n) is 1.47. The van der Waals surface area contributed by atoms with Crippen LogP contribution in [-0.2, 0) is 0 Å². The second kappa shape index (κ2) is 5.79. The lowest BCUT2D eigenvalue weighted by molar-refractivity contribution is 0.102. The van der Waals surface area contributed by atoms with Crippen molar-refractivity contribution in [2.24, 2.45) is 0 Å². The SMILES string of the molecule is Cc1cc(C(=O)Nc2cc(Br)ccc2I)ccn1. The van der Waals surface area contributed by atoms with Crippen molar-refractivity contribution >= 4 is 50.1 Å². The average molecular weight is 417 g/mol. The first-order valence-corrected chi connectivity index (χ1v) is 7.12. The first kappa shape index (κ1) is 13.5. The Labute approximate surface area is 127 Å². The highest BCUT2D eigenvalue weighted by Gasteiger charge is 2.08. The summed E-state index contributed by atoms with van der Waals surface area (Å²) in [5, 5.41) is 2.89. The van der Waals surface area contributed by atoms with E-state index in [0.29, 0.717) is 5.56 Å². The Bertz CT molecular complexity index is 601. The van der Waals surface area contributed by atoms with Gasteiger partial charge >= 0.3 is 0 Å². The highest BCUT2D eigenvalue weighted by molar-refractivity contribution is 14.1. The minimum absolute atomic E-state index is 0.128. The predicted octanol–water partition coefficient (Wildman–Crippen LogP) is 4.01. The maximum atomic E-state index is 12.1. The monoisotopic (exact) mass is 416 g/mol. The Morgan fingerprint density at radius 3 is 2.83 bits per heavy atom. The first-order valence-electron chi connectivity index (χ1n) is 5.25. The van der Waals surface area contributed by atoms with Crippen LogP contribution in [0.15, 0.2) is 41.0 Å². The molecule has 1 heterocycles. The summed E-state index contributed by atoms with van der Waals surface area (Å²) in [6, 6.07) is 9.23. The lowest BCUT2D eigenvalue weighted by Crippen LogP contribution is -2.13. The van der Waals surface area contributed by atoms with Crippen LogP contribution >= 0.6 is 38.5 Å². The van der Waals surface area contributed by atoms with Crippen molar-refractivity contribution in [2.45, 2.75) is 6.92 Å². The van der Waals surface area contributed by atoms with Crippen LogP contribution in [0.4, 0.5) is 5.69 Å². The van der Waals surface area contributed by atoms with Crippen LogP contribution < -0.4 is 5.32 Å². The molecule has 0 unspecified atom stereocenters. The van der Waals surface area contributed by atoms with Gasteiger partial charge in [-0.25, -0.2) is 0 Å². The minimum Gasteiger partial charge on any atom is -0.321 e. The topological polar surface area (TPSA) is 42.0 Å². The third-order valence-corrected chi connectivity index (χ3v) is 3.77. The second-order valence-corrected chi connectivity index (χ2v) is 5.84. The van der Waals surface area contributed by atoms with E-state index in [1.807, 2.05) is 25.1 Å². The molecule has 1 N–H and O–H groups in total. The maximum Gasteiger partial charge on any atom is 0.255 e. The van der Waals surface area contributed by atoms with Crippen LogP contribution in [0.2, 0.25) is 0 Å². The summed E-state index contributed by atoms with van der Waals surface area (Å²) >= 11 is 5.58. The molecule has 0 saturated heterocycles. The number of rotatable bonds is 2. The van der Waals surface area contributed by atoms with Crippen LogP contribution in [0.5, 0.6) is 0 Å². The zero-order valence-corrected chi connectivity index (χ0v) is 13.3. The van der Waals surface area contributed by atoms with Crippen molar-refractivity contribution in [3.05, 3.63) is 55.8 Å². The van der Waals surface area contributed by atoms with Gasteiger partial charge in [0.1, 0.15) is 0 Å². The third kappa shape index (κ3) is 3.29. The van der Waals surface area contributed by atoms with E-state index in [2.05, 4.69) is 48.8 Å². The molecule has 3 nitrogen and oxygen atoms in total. The van der Waals surface area contributed by atoms with E-state index in [9.17, 15) is 4.79 Å². The quantitative estimate of drug-likeness (QED) is 0.751. The number of carbonyl (C=O) groups excluding carboxylic acids is 1. The number of anilines is 1. The fraction of sp³-hybridized carbons (Fsp3) is 0.0769. The van der Waals surface area contributed by atoms with Gasteiger partial charge in [-0.1, -0.05) is 15.9 Å². The van der Waals surface area contributed by atoms with Crippen molar-refractivity contribution in [2.75, 3.05) is 5.32 Å². The number of amides is 1. The molecule has 0 saturated carbocycles. The molecule has 2 rings (SSSR count). The van der Waals surface area contributed by atoms with E-state index < -0.39 is 0 Å². The second-order valence-electron chi connectivity index (χ2n) is 3.76. The van der Waals surface area contributed by atoms with Gasteiger partial charge in [0.15, 0.2) is 0 Å². The Hall–Kier alpha value is -0.950. The molecule has 0 spiro atoms. The molecule has 1 aromatic heterocycles. The Morgan fingerprint density at radius 1 is 1.33 bits per heavy atom. The van der Waals surface area contributed by atoms with Gasteiger partial charge in [-0.05, 0) is 59.8 Å². The Morgan fingerprint density at radius 2 is 2.11 bits per heavy atom. The number of halogens is 2. The summed E-state index contributed by atoms with van der Waals surface area (Å²) in [5.41, 5.74) is 2.23. The van der Waals surface area contributed by atoms with Crippen molar-refractivity contribution in [1.29, 1.82) is 0 Å². The summed E-state index contributed by atoms with van der Waals surface area (Å²) in [4.78, 5) is 16.1. The molecule has 5 heteroatoms. The number of aryl methyl sites for hydroxylation is 1. The normalized spacial score (nSPS) is 10.2. The highest BCUT2D eigenvalue weighted by atomic mass is 127. The molecule has 1 amide bonds. The molecule has 0 bridgehead atoms. The van der Waals surface area contributed by atoms with Crippen molar-refractivity contribution in [3.8, 4) is 0 Å². The summed E-state index contributed by atoms with van der Waals surface area (Å²) in [6.07, 6.45) is 1.64. The summed E-state index contributed by atoms with van der Waals surface area (Å²) in [7, 11) is 0. The molecule has 0 aliphatic heterocycles. The number of benzene rings is 1. The van der Waals surface area contributed by atoms with E-state index in [0.717, 1.165) is 19.4 Å². The summed E-state index contributed by atoms with van der Waals surface area (Å²) in [5.74, 6) is -0.128. The van der Waals surface area contributed by atoms with Crippen LogP contribution in [-0.4, -0.2) is 10.9 Å². The summed E-state index contributed by atoms with van der Waals surface area (Å²) in [6.45, 7) is 1.86. The maximum absolute atomic E-state index is 12.1. The minimum atomic E-state index is -0.128.